The standard InChI is InChI=1S/C20H24Cl3NO3.ClH/c1-3-16(11-25)24-10-13-7-18(23)20(19(8-13)26-4-2)27-12-14-5-6-15(21)9-17(14)22;/h5-9,16,24-25H,3-4,10-12H2,1-2H3;1H. The molecule has 1 unspecified atom stereocenters. The summed E-state index contributed by atoms with van der Waals surface area (Å²) >= 11 is 18.6. The van der Waals surface area contributed by atoms with Gasteiger partial charge < -0.3 is 19.9 Å². The van der Waals surface area contributed by atoms with E-state index in [1.165, 1.54) is 0 Å². The van der Waals surface area contributed by atoms with Crippen molar-refractivity contribution in [2.45, 2.75) is 39.5 Å². The van der Waals surface area contributed by atoms with Crippen molar-refractivity contribution in [2.75, 3.05) is 13.2 Å². The molecule has 2 aromatic rings. The molecule has 28 heavy (non-hydrogen) atoms. The summed E-state index contributed by atoms with van der Waals surface area (Å²) in [7, 11) is 0. The van der Waals surface area contributed by atoms with Gasteiger partial charge in [-0.05, 0) is 43.2 Å². The predicted molar refractivity (Wildman–Crippen MR) is 119 cm³/mol. The molecule has 0 aromatic heterocycles. The van der Waals surface area contributed by atoms with E-state index in [4.69, 9.17) is 44.3 Å². The number of nitrogens with one attached hydrogen (secondary N) is 1. The molecule has 0 saturated carbocycles. The van der Waals surface area contributed by atoms with Crippen LogP contribution in [0.25, 0.3) is 0 Å². The first-order valence-electron chi connectivity index (χ1n) is 8.84. The van der Waals surface area contributed by atoms with Crippen LogP contribution in [0.2, 0.25) is 15.1 Å². The molecule has 2 aromatic carbocycles. The van der Waals surface area contributed by atoms with Crippen LogP contribution in [0.15, 0.2) is 30.3 Å². The summed E-state index contributed by atoms with van der Waals surface area (Å²) in [5.41, 5.74) is 1.76. The number of rotatable bonds is 10. The van der Waals surface area contributed by atoms with Gasteiger partial charge in [0.1, 0.15) is 6.61 Å². The number of halogens is 4. The van der Waals surface area contributed by atoms with Gasteiger partial charge in [-0.3, -0.25) is 0 Å². The molecule has 1 atom stereocenters. The van der Waals surface area contributed by atoms with Crippen molar-refractivity contribution in [1.29, 1.82) is 0 Å². The first-order valence-corrected chi connectivity index (χ1v) is 9.98. The molecule has 0 aliphatic heterocycles. The molecule has 4 nitrogen and oxygen atoms in total. The van der Waals surface area contributed by atoms with E-state index < -0.39 is 0 Å². The molecular formula is C20H25Cl4NO3. The molecule has 0 radical (unpaired) electrons. The van der Waals surface area contributed by atoms with Crippen molar-refractivity contribution in [1.82, 2.24) is 5.32 Å². The zero-order chi connectivity index (χ0) is 19.8. The van der Waals surface area contributed by atoms with Crippen LogP contribution >= 0.6 is 47.2 Å². The summed E-state index contributed by atoms with van der Waals surface area (Å²) in [5.74, 6) is 1.05. The molecule has 0 fully saturated rings. The summed E-state index contributed by atoms with van der Waals surface area (Å²) in [6, 6.07) is 9.02. The zero-order valence-corrected chi connectivity index (χ0v) is 18.9. The van der Waals surface area contributed by atoms with E-state index in [9.17, 15) is 5.11 Å². The van der Waals surface area contributed by atoms with E-state index in [1.807, 2.05) is 32.0 Å². The van der Waals surface area contributed by atoms with E-state index in [2.05, 4.69) is 5.32 Å². The second-order valence-corrected chi connectivity index (χ2v) is 7.28. The molecule has 0 saturated heterocycles. The largest absolute Gasteiger partial charge is 0.490 e. The fourth-order valence-electron chi connectivity index (χ4n) is 2.52. The van der Waals surface area contributed by atoms with Crippen molar-refractivity contribution < 1.29 is 14.6 Å². The quantitative estimate of drug-likeness (QED) is 0.455. The summed E-state index contributed by atoms with van der Waals surface area (Å²) in [6.45, 7) is 5.31. The second-order valence-electron chi connectivity index (χ2n) is 6.03. The van der Waals surface area contributed by atoms with Gasteiger partial charge in [-0.2, -0.15) is 0 Å². The van der Waals surface area contributed by atoms with Crippen LogP contribution < -0.4 is 14.8 Å². The van der Waals surface area contributed by atoms with Crippen LogP contribution in [0, 0.1) is 0 Å². The Morgan fingerprint density at radius 2 is 1.79 bits per heavy atom. The Kier molecular flexibility index (Phi) is 11.4. The minimum atomic E-state index is 0. The number of hydrogen-bond acceptors (Lipinski definition) is 4. The highest BCUT2D eigenvalue weighted by Crippen LogP contribution is 2.37. The number of aliphatic hydroxyl groups excluding tert-OH is 1. The predicted octanol–water partition coefficient (Wildman–Crippen LogP) is 5.91. The average molecular weight is 469 g/mol. The summed E-state index contributed by atoms with van der Waals surface area (Å²) in [5, 5.41) is 14.2. The molecule has 0 bridgehead atoms. The molecule has 0 aliphatic rings. The lowest BCUT2D eigenvalue weighted by molar-refractivity contribution is 0.238. The smallest absolute Gasteiger partial charge is 0.180 e. The lowest BCUT2D eigenvalue weighted by Gasteiger charge is -2.18. The third-order valence-electron chi connectivity index (χ3n) is 4.06. The molecule has 0 heterocycles. The minimum Gasteiger partial charge on any atom is -0.490 e. The Balaban J connectivity index is 0.00000392. The minimum absolute atomic E-state index is 0. The molecule has 156 valence electrons. The zero-order valence-electron chi connectivity index (χ0n) is 15.8. The summed E-state index contributed by atoms with van der Waals surface area (Å²) in [4.78, 5) is 0. The van der Waals surface area contributed by atoms with Gasteiger partial charge in [0.25, 0.3) is 0 Å². The molecule has 0 spiro atoms. The fraction of sp³-hybridized carbons (Fsp3) is 0.400. The number of aliphatic hydroxyl groups is 1. The summed E-state index contributed by atoms with van der Waals surface area (Å²) < 4.78 is 11.6. The van der Waals surface area contributed by atoms with E-state index in [-0.39, 0.29) is 31.7 Å². The van der Waals surface area contributed by atoms with Gasteiger partial charge >= 0.3 is 0 Å². The van der Waals surface area contributed by atoms with E-state index in [0.29, 0.717) is 39.7 Å². The molecule has 8 heteroatoms. The Labute approximate surface area is 187 Å². The van der Waals surface area contributed by atoms with Crippen LogP contribution in [0.5, 0.6) is 11.5 Å². The van der Waals surface area contributed by atoms with Crippen LogP contribution in [-0.2, 0) is 13.2 Å². The lowest BCUT2D eigenvalue weighted by atomic mass is 10.1. The monoisotopic (exact) mass is 467 g/mol. The van der Waals surface area contributed by atoms with Gasteiger partial charge in [0.2, 0.25) is 0 Å². The van der Waals surface area contributed by atoms with Crippen molar-refractivity contribution in [3.05, 3.63) is 56.5 Å². The number of ether oxygens (including phenoxy) is 2. The van der Waals surface area contributed by atoms with Crippen LogP contribution in [0.4, 0.5) is 0 Å². The third kappa shape index (κ3) is 7.18. The molecule has 0 amide bonds. The first kappa shape index (κ1) is 25.2. The first-order chi connectivity index (χ1) is 13.0. The molecule has 2 N–H and O–H groups in total. The maximum Gasteiger partial charge on any atom is 0.180 e. The summed E-state index contributed by atoms with van der Waals surface area (Å²) in [6.07, 6.45) is 0.839. The second kappa shape index (κ2) is 12.6. The van der Waals surface area contributed by atoms with Gasteiger partial charge in [-0.1, -0.05) is 47.8 Å². The average Bonchev–Trinajstić information content (AvgIpc) is 2.63. The molecule has 0 aliphatic carbocycles. The highest BCUT2D eigenvalue weighted by molar-refractivity contribution is 6.35. The lowest BCUT2D eigenvalue weighted by Crippen LogP contribution is -2.31. The van der Waals surface area contributed by atoms with Gasteiger partial charge in [0.05, 0.1) is 18.2 Å². The van der Waals surface area contributed by atoms with Crippen LogP contribution in [0.3, 0.4) is 0 Å². The fourth-order valence-corrected chi connectivity index (χ4v) is 3.27. The van der Waals surface area contributed by atoms with Gasteiger partial charge in [0.15, 0.2) is 11.5 Å². The topological polar surface area (TPSA) is 50.7 Å². The van der Waals surface area contributed by atoms with Crippen molar-refractivity contribution in [3.63, 3.8) is 0 Å². The van der Waals surface area contributed by atoms with E-state index in [1.54, 1.807) is 12.1 Å². The third-order valence-corrected chi connectivity index (χ3v) is 4.93. The van der Waals surface area contributed by atoms with E-state index in [0.717, 1.165) is 17.5 Å². The van der Waals surface area contributed by atoms with E-state index >= 15 is 0 Å². The highest BCUT2D eigenvalue weighted by atomic mass is 35.5. The van der Waals surface area contributed by atoms with Crippen molar-refractivity contribution >= 4 is 47.2 Å². The van der Waals surface area contributed by atoms with Gasteiger partial charge in [-0.25, -0.2) is 0 Å². The number of hydrogen-bond donors (Lipinski definition) is 2. The number of benzene rings is 2. The van der Waals surface area contributed by atoms with Crippen LogP contribution in [0.1, 0.15) is 31.4 Å². The Bertz CT molecular complexity index is 754. The maximum absolute atomic E-state index is 9.31. The van der Waals surface area contributed by atoms with Gasteiger partial charge in [0, 0.05) is 28.2 Å². The maximum atomic E-state index is 9.31. The van der Waals surface area contributed by atoms with Crippen LogP contribution in [-0.4, -0.2) is 24.4 Å². The Hall–Kier alpha value is -0.880. The van der Waals surface area contributed by atoms with Crippen molar-refractivity contribution in [3.8, 4) is 11.5 Å². The molecule has 2 rings (SSSR count). The Morgan fingerprint density at radius 1 is 1.04 bits per heavy atom. The highest BCUT2D eigenvalue weighted by Gasteiger charge is 2.14. The normalized spacial score (nSPS) is 11.6. The Morgan fingerprint density at radius 3 is 2.39 bits per heavy atom. The van der Waals surface area contributed by atoms with Crippen molar-refractivity contribution in [2.24, 2.45) is 0 Å². The SMILES string of the molecule is CCOc1cc(CNC(CC)CO)cc(Cl)c1OCc1ccc(Cl)cc1Cl.Cl. The molecular weight excluding hydrogens is 444 g/mol. The van der Waals surface area contributed by atoms with Gasteiger partial charge in [-0.15, -0.1) is 12.4 Å².